The molecule has 198 valence electrons. The highest BCUT2D eigenvalue weighted by molar-refractivity contribution is 7.26. The van der Waals surface area contributed by atoms with Crippen LogP contribution in [0.2, 0.25) is 0 Å². The zero-order chi connectivity index (χ0) is 27.9. The molecule has 0 bridgehead atoms. The molecule has 0 aliphatic rings. The first kappa shape index (κ1) is 24.6. The van der Waals surface area contributed by atoms with E-state index in [1.54, 1.807) is 0 Å². The van der Waals surface area contributed by atoms with Crippen LogP contribution in [0.5, 0.6) is 0 Å². The van der Waals surface area contributed by atoms with Gasteiger partial charge in [-0.05, 0) is 64.5 Å². The quantitative estimate of drug-likeness (QED) is 0.205. The van der Waals surface area contributed by atoms with Gasteiger partial charge in [0.05, 0.1) is 5.69 Å². The topological polar surface area (TPSA) is 3.24 Å². The number of fused-ring (bicyclic) bond motifs is 5. The molecule has 7 aromatic carbocycles. The SMILES string of the molecule is c1ccc(-c2ccccc2N(c2ccccc2)c2ccc3sc4c5ccccc5c(-c5ccccc5)cc4c3c2)cc1. The van der Waals surface area contributed by atoms with Crippen molar-refractivity contribution in [2.24, 2.45) is 0 Å². The van der Waals surface area contributed by atoms with Crippen molar-refractivity contribution < 1.29 is 0 Å². The van der Waals surface area contributed by atoms with Gasteiger partial charge in [-0.15, -0.1) is 11.3 Å². The van der Waals surface area contributed by atoms with Gasteiger partial charge in [0, 0.05) is 42.5 Å². The molecular formula is C40H27NS. The normalized spacial score (nSPS) is 11.3. The number of para-hydroxylation sites is 2. The van der Waals surface area contributed by atoms with Crippen LogP contribution in [-0.2, 0) is 0 Å². The van der Waals surface area contributed by atoms with Gasteiger partial charge in [0.2, 0.25) is 0 Å². The standard InChI is InChI=1S/C40H27NS/c1-4-14-28(15-5-1)32-20-12-13-23-38(32)41(30-18-8-3-9-19-30)31-24-25-39-36(26-31)37-27-35(29-16-6-2-7-17-29)33-21-10-11-22-34(33)40(37)42-39/h1-27H. The highest BCUT2D eigenvalue weighted by Crippen LogP contribution is 2.46. The molecule has 1 nitrogen and oxygen atoms in total. The summed E-state index contributed by atoms with van der Waals surface area (Å²) < 4.78 is 2.64. The lowest BCUT2D eigenvalue weighted by molar-refractivity contribution is 1.29. The Bertz CT molecular complexity index is 2180. The Hall–Kier alpha value is -5.18. The predicted octanol–water partition coefficient (Wildman–Crippen LogP) is 12.0. The first-order valence-electron chi connectivity index (χ1n) is 14.3. The molecule has 0 spiro atoms. The van der Waals surface area contributed by atoms with Crippen LogP contribution in [0, 0.1) is 0 Å². The van der Waals surface area contributed by atoms with Crippen molar-refractivity contribution in [1.82, 2.24) is 0 Å². The maximum Gasteiger partial charge on any atom is 0.0540 e. The molecule has 0 aliphatic heterocycles. The lowest BCUT2D eigenvalue weighted by atomic mass is 9.95. The van der Waals surface area contributed by atoms with E-state index in [1.807, 2.05) is 11.3 Å². The zero-order valence-corrected chi connectivity index (χ0v) is 23.8. The summed E-state index contributed by atoms with van der Waals surface area (Å²) in [7, 11) is 0. The Morgan fingerprint density at radius 2 is 0.976 bits per heavy atom. The predicted molar refractivity (Wildman–Crippen MR) is 182 cm³/mol. The van der Waals surface area contributed by atoms with Gasteiger partial charge < -0.3 is 4.90 Å². The molecule has 1 heterocycles. The fraction of sp³-hybridized carbons (Fsp3) is 0. The van der Waals surface area contributed by atoms with E-state index in [4.69, 9.17) is 0 Å². The Labute approximate surface area is 249 Å². The van der Waals surface area contributed by atoms with Crippen molar-refractivity contribution >= 4 is 59.3 Å². The van der Waals surface area contributed by atoms with Gasteiger partial charge in [0.25, 0.3) is 0 Å². The van der Waals surface area contributed by atoms with Crippen LogP contribution >= 0.6 is 11.3 Å². The van der Waals surface area contributed by atoms with Crippen LogP contribution in [0.4, 0.5) is 17.1 Å². The molecule has 0 aliphatic carbocycles. The molecule has 0 amide bonds. The van der Waals surface area contributed by atoms with E-state index in [9.17, 15) is 0 Å². The largest absolute Gasteiger partial charge is 0.310 e. The molecule has 0 fully saturated rings. The minimum atomic E-state index is 1.13. The summed E-state index contributed by atoms with van der Waals surface area (Å²) in [6, 6.07) is 59.0. The average molecular weight is 554 g/mol. The van der Waals surface area contributed by atoms with Crippen molar-refractivity contribution in [3.05, 3.63) is 164 Å². The zero-order valence-electron chi connectivity index (χ0n) is 22.9. The van der Waals surface area contributed by atoms with Gasteiger partial charge in [-0.1, -0.05) is 121 Å². The number of anilines is 3. The van der Waals surface area contributed by atoms with Crippen LogP contribution in [0.25, 0.3) is 53.2 Å². The third-order valence-electron chi connectivity index (χ3n) is 8.05. The molecule has 0 saturated carbocycles. The van der Waals surface area contributed by atoms with Crippen molar-refractivity contribution in [3.8, 4) is 22.3 Å². The average Bonchev–Trinajstić information content (AvgIpc) is 3.44. The van der Waals surface area contributed by atoms with E-state index in [0.717, 1.165) is 17.1 Å². The van der Waals surface area contributed by atoms with Crippen molar-refractivity contribution in [2.45, 2.75) is 0 Å². The third kappa shape index (κ3) is 4.16. The van der Waals surface area contributed by atoms with Crippen LogP contribution in [-0.4, -0.2) is 0 Å². The molecule has 8 aromatic rings. The molecule has 0 unspecified atom stereocenters. The lowest BCUT2D eigenvalue weighted by Crippen LogP contribution is -2.11. The fourth-order valence-corrected chi connectivity index (χ4v) is 7.32. The lowest BCUT2D eigenvalue weighted by Gasteiger charge is -2.28. The van der Waals surface area contributed by atoms with Crippen LogP contribution < -0.4 is 4.90 Å². The molecular weight excluding hydrogens is 527 g/mol. The molecule has 0 atom stereocenters. The number of nitrogens with zero attached hydrogens (tertiary/aromatic N) is 1. The maximum atomic E-state index is 2.40. The first-order chi connectivity index (χ1) is 20.8. The molecule has 0 N–H and O–H groups in total. The van der Waals surface area contributed by atoms with Gasteiger partial charge in [0.1, 0.15) is 0 Å². The Balaban J connectivity index is 1.39. The second-order valence-electron chi connectivity index (χ2n) is 10.5. The monoisotopic (exact) mass is 553 g/mol. The number of thiophene rings is 1. The highest BCUT2D eigenvalue weighted by atomic mass is 32.1. The fourth-order valence-electron chi connectivity index (χ4n) is 6.12. The van der Waals surface area contributed by atoms with E-state index < -0.39 is 0 Å². The molecule has 0 radical (unpaired) electrons. The van der Waals surface area contributed by atoms with Gasteiger partial charge in [-0.3, -0.25) is 0 Å². The summed E-state index contributed by atoms with van der Waals surface area (Å²) in [4.78, 5) is 2.39. The summed E-state index contributed by atoms with van der Waals surface area (Å²) >= 11 is 1.89. The molecule has 1 aromatic heterocycles. The highest BCUT2D eigenvalue weighted by Gasteiger charge is 2.19. The second kappa shape index (κ2) is 10.3. The van der Waals surface area contributed by atoms with Crippen molar-refractivity contribution in [3.63, 3.8) is 0 Å². The Morgan fingerprint density at radius 3 is 1.71 bits per heavy atom. The van der Waals surface area contributed by atoms with Crippen LogP contribution in [0.1, 0.15) is 0 Å². The van der Waals surface area contributed by atoms with E-state index >= 15 is 0 Å². The Kier molecular flexibility index (Phi) is 6.05. The van der Waals surface area contributed by atoms with E-state index in [1.165, 1.54) is 53.2 Å². The number of hydrogen-bond donors (Lipinski definition) is 0. The minimum Gasteiger partial charge on any atom is -0.310 e. The smallest absolute Gasteiger partial charge is 0.0540 e. The van der Waals surface area contributed by atoms with Gasteiger partial charge in [-0.2, -0.15) is 0 Å². The van der Waals surface area contributed by atoms with Crippen LogP contribution in [0.3, 0.4) is 0 Å². The second-order valence-corrected chi connectivity index (χ2v) is 11.6. The summed E-state index contributed by atoms with van der Waals surface area (Å²) in [6.07, 6.45) is 0. The van der Waals surface area contributed by atoms with Gasteiger partial charge in [0.15, 0.2) is 0 Å². The molecule has 8 rings (SSSR count). The Morgan fingerprint density at radius 1 is 0.381 bits per heavy atom. The number of benzene rings is 7. The van der Waals surface area contributed by atoms with Crippen LogP contribution in [0.15, 0.2) is 164 Å². The summed E-state index contributed by atoms with van der Waals surface area (Å²) in [5.41, 5.74) is 8.36. The van der Waals surface area contributed by atoms with E-state index in [0.29, 0.717) is 0 Å². The number of rotatable bonds is 5. The van der Waals surface area contributed by atoms with Crippen molar-refractivity contribution in [1.29, 1.82) is 0 Å². The number of hydrogen-bond acceptors (Lipinski definition) is 2. The van der Waals surface area contributed by atoms with E-state index in [-0.39, 0.29) is 0 Å². The van der Waals surface area contributed by atoms with Gasteiger partial charge in [-0.25, -0.2) is 0 Å². The maximum absolute atomic E-state index is 2.40. The molecule has 2 heteroatoms. The van der Waals surface area contributed by atoms with E-state index in [2.05, 4.69) is 169 Å². The summed E-state index contributed by atoms with van der Waals surface area (Å²) in [6.45, 7) is 0. The first-order valence-corrected chi connectivity index (χ1v) is 15.1. The summed E-state index contributed by atoms with van der Waals surface area (Å²) in [5.74, 6) is 0. The molecule has 42 heavy (non-hydrogen) atoms. The van der Waals surface area contributed by atoms with Gasteiger partial charge >= 0.3 is 0 Å². The third-order valence-corrected chi connectivity index (χ3v) is 9.27. The molecule has 0 saturated heterocycles. The minimum absolute atomic E-state index is 1.13. The van der Waals surface area contributed by atoms with Crippen molar-refractivity contribution in [2.75, 3.05) is 4.90 Å². The summed E-state index contributed by atoms with van der Waals surface area (Å²) in [5, 5.41) is 5.20.